The number of carboxylic acids is 3. The molecule has 85 heavy (non-hydrogen) atoms. The van der Waals surface area contributed by atoms with Gasteiger partial charge in [-0.2, -0.15) is 0 Å². The van der Waals surface area contributed by atoms with Crippen LogP contribution in [0.5, 0.6) is 0 Å². The molecule has 3 amide bonds. The molecular weight excluding hydrogens is 1140 g/mol. The highest BCUT2D eigenvalue weighted by atomic mass is 19.1. The van der Waals surface area contributed by atoms with Gasteiger partial charge in [0.15, 0.2) is 0 Å². The van der Waals surface area contributed by atoms with Gasteiger partial charge in [0.25, 0.3) is 0 Å². The summed E-state index contributed by atoms with van der Waals surface area (Å²) in [5, 5.41) is 47.1. The highest BCUT2D eigenvalue weighted by molar-refractivity contribution is 5.76. The van der Waals surface area contributed by atoms with E-state index in [2.05, 4.69) is 61.0 Å². The van der Waals surface area contributed by atoms with Crippen molar-refractivity contribution in [3.05, 3.63) is 41.8 Å². The summed E-state index contributed by atoms with van der Waals surface area (Å²) < 4.78 is 68.7. The smallest absolute Gasteiger partial charge is 0.305 e. The van der Waals surface area contributed by atoms with Gasteiger partial charge in [0, 0.05) is 131 Å². The maximum absolute atomic E-state index is 12.0. The summed E-state index contributed by atoms with van der Waals surface area (Å²) >= 11 is 0. The molecule has 38 heteroatoms. The quantitative estimate of drug-likeness (QED) is 0.0196. The summed E-state index contributed by atoms with van der Waals surface area (Å²) in [5.41, 5.74) is 37.6. The third-order valence-electron chi connectivity index (χ3n) is 9.68. The van der Waals surface area contributed by atoms with E-state index in [0.717, 1.165) is 0 Å². The number of alkyl halides is 1. The van der Waals surface area contributed by atoms with Crippen molar-refractivity contribution in [2.45, 2.75) is 38.5 Å². The second-order valence-corrected chi connectivity index (χ2v) is 16.1. The lowest BCUT2D eigenvalue weighted by atomic mass is 10.4. The maximum atomic E-state index is 12.0. The first-order chi connectivity index (χ1) is 41.8. The lowest BCUT2D eigenvalue weighted by Gasteiger charge is -2.22. The van der Waals surface area contributed by atoms with Crippen LogP contribution in [0.25, 0.3) is 41.8 Å². The van der Waals surface area contributed by atoms with Crippen LogP contribution in [0.15, 0.2) is 20.5 Å². The number of nitrogens with two attached hydrogens (primary N) is 1. The number of amides is 3. The van der Waals surface area contributed by atoms with E-state index in [-0.39, 0.29) is 135 Å². The van der Waals surface area contributed by atoms with Gasteiger partial charge >= 0.3 is 17.9 Å². The molecule has 0 saturated carbocycles. The van der Waals surface area contributed by atoms with E-state index in [1.165, 1.54) is 0 Å². The fourth-order valence-corrected chi connectivity index (χ4v) is 5.56. The van der Waals surface area contributed by atoms with Crippen LogP contribution < -0.4 is 21.7 Å². The van der Waals surface area contributed by atoms with E-state index in [1.54, 1.807) is 0 Å². The Labute approximate surface area is 495 Å². The van der Waals surface area contributed by atoms with E-state index in [9.17, 15) is 33.2 Å². The van der Waals surface area contributed by atoms with E-state index >= 15 is 0 Å². The lowest BCUT2D eigenvalue weighted by molar-refractivity contribution is -0.139. The Morgan fingerprint density at radius 3 is 0.824 bits per heavy atom. The third kappa shape index (κ3) is 79.6. The number of ether oxygens (including phenoxy) is 10. The van der Waals surface area contributed by atoms with Crippen molar-refractivity contribution in [1.82, 2.24) is 25.8 Å². The Kier molecular flexibility index (Phi) is 71.6. The van der Waals surface area contributed by atoms with Crippen LogP contribution >= 0.6 is 0 Å². The van der Waals surface area contributed by atoms with Gasteiger partial charge in [0.1, 0.15) is 0 Å². The highest BCUT2D eigenvalue weighted by Gasteiger charge is 2.10. The minimum absolute atomic E-state index is 0.0589. The summed E-state index contributed by atoms with van der Waals surface area (Å²) in [4.78, 5) is 81.5. The van der Waals surface area contributed by atoms with Gasteiger partial charge in [0.2, 0.25) is 17.7 Å². The van der Waals surface area contributed by atoms with Crippen molar-refractivity contribution >= 4 is 35.6 Å². The van der Waals surface area contributed by atoms with Gasteiger partial charge in [0.05, 0.1) is 160 Å². The van der Waals surface area contributed by atoms with Crippen LogP contribution in [0, 0.1) is 0 Å². The van der Waals surface area contributed by atoms with Gasteiger partial charge in [-0.15, -0.1) is 0 Å². The Morgan fingerprint density at radius 2 is 0.612 bits per heavy atom. The van der Waals surface area contributed by atoms with Crippen LogP contribution in [0.3, 0.4) is 0 Å². The zero-order valence-electron chi connectivity index (χ0n) is 49.6. The summed E-state index contributed by atoms with van der Waals surface area (Å²) in [6.07, 6.45) is 0.403. The largest absolute Gasteiger partial charge is 0.481 e. The summed E-state index contributed by atoms with van der Waals surface area (Å²) in [6, 6.07) is 0. The third-order valence-corrected chi connectivity index (χ3v) is 9.68. The fraction of sp³-hybridized carbons (Fsp3) is 0.872. The van der Waals surface area contributed by atoms with Crippen LogP contribution in [0.4, 0.5) is 4.39 Å². The van der Waals surface area contributed by atoms with E-state index in [1.807, 2.05) is 4.90 Å². The molecule has 0 saturated heterocycles. The summed E-state index contributed by atoms with van der Waals surface area (Å²) in [6.45, 7) is 12.0. The number of halogens is 1. The van der Waals surface area contributed by atoms with Crippen molar-refractivity contribution in [2.24, 2.45) is 26.2 Å². The number of nitrogens with zero attached hydrogens (tertiary/aromatic N) is 14. The molecule has 0 spiro atoms. The SMILES string of the molecule is O=C(O)CCOCCN(CCOCCC(=O)O)CCOCCC(=O)O.[2H]CF.[N-]=[N+]=NCCOCCN.[N-]=[N+]=NCCOCCNC(=O)CCOCCN(CCOCCC(=O)NCCOCCN=[N+]=[N-])CCOCCC(=O)NCCOCCN=[N+]=[N-]. The van der Waals surface area contributed by atoms with Gasteiger partial charge < -0.3 is 84.4 Å². The molecule has 0 fully saturated rings. The normalized spacial score (nSPS) is 10.4. The van der Waals surface area contributed by atoms with Crippen LogP contribution in [-0.4, -0.2) is 292 Å². The number of carbonyl (C=O) groups is 6. The lowest BCUT2D eigenvalue weighted by Crippen LogP contribution is -2.35. The molecule has 8 N–H and O–H groups in total. The molecule has 37 nitrogen and oxygen atoms in total. The van der Waals surface area contributed by atoms with Crippen molar-refractivity contribution in [2.75, 3.05) is 231 Å². The molecule has 0 aromatic carbocycles. The zero-order chi connectivity index (χ0) is 64.5. The second-order valence-electron chi connectivity index (χ2n) is 16.1. The molecule has 0 aliphatic heterocycles. The number of hydrogen-bond donors (Lipinski definition) is 7. The Bertz CT molecular complexity index is 1680. The second kappa shape index (κ2) is 73.6. The molecule has 0 unspecified atom stereocenters. The van der Waals surface area contributed by atoms with Crippen molar-refractivity contribution in [3.8, 4) is 0 Å². The molecule has 0 bridgehead atoms. The predicted octanol–water partition coefficient (Wildman–Crippen LogP) is 1.46. The van der Waals surface area contributed by atoms with Crippen LogP contribution in [-0.2, 0) is 76.1 Å². The Morgan fingerprint density at radius 1 is 0.400 bits per heavy atom. The van der Waals surface area contributed by atoms with Crippen molar-refractivity contribution < 1.29 is 97.2 Å². The molecule has 0 atom stereocenters. The molecular formula is C47H91FN18O19. The average Bonchev–Trinajstić information content (AvgIpc) is 3.51. The minimum atomic E-state index is -1.00. The predicted molar refractivity (Wildman–Crippen MR) is 303 cm³/mol. The average molecular weight is 1230 g/mol. The van der Waals surface area contributed by atoms with Crippen LogP contribution in [0.2, 0.25) is 0 Å². The van der Waals surface area contributed by atoms with Gasteiger partial charge in [-0.05, 0) is 22.1 Å². The Balaban J connectivity index is -0.000000746. The Hall–Kier alpha value is -6.53. The molecule has 0 heterocycles. The number of hydrogen-bond acceptors (Lipinski definition) is 23. The monoisotopic (exact) mass is 1230 g/mol. The van der Waals surface area contributed by atoms with E-state index < -0.39 is 25.1 Å². The molecule has 0 aliphatic carbocycles. The molecule has 0 aromatic rings. The first-order valence-corrected chi connectivity index (χ1v) is 27.0. The van der Waals surface area contributed by atoms with Crippen molar-refractivity contribution in [3.63, 3.8) is 0 Å². The van der Waals surface area contributed by atoms with Gasteiger partial charge in [-0.3, -0.25) is 43.0 Å². The van der Waals surface area contributed by atoms with E-state index in [0.29, 0.717) is 145 Å². The summed E-state index contributed by atoms with van der Waals surface area (Å²) in [7, 11) is -1.00. The van der Waals surface area contributed by atoms with Crippen LogP contribution in [0.1, 0.15) is 39.9 Å². The molecule has 0 aliphatic rings. The minimum Gasteiger partial charge on any atom is -0.481 e. The first kappa shape index (κ1) is 82.7. The number of nitrogens with one attached hydrogen (secondary N) is 3. The number of azide groups is 4. The number of carbonyl (C=O) groups excluding carboxylic acids is 3. The molecule has 0 radical (unpaired) electrons. The molecule has 0 aromatic heterocycles. The first-order valence-electron chi connectivity index (χ1n) is 27.7. The number of carboxylic acid groups (broad SMARTS) is 3. The molecule has 490 valence electrons. The topological polar surface area (TPSA) is 519 Å². The van der Waals surface area contributed by atoms with Crippen molar-refractivity contribution in [1.29, 1.82) is 0 Å². The van der Waals surface area contributed by atoms with Gasteiger partial charge in [-0.25, -0.2) is 0 Å². The number of aliphatic carboxylic acids is 3. The maximum Gasteiger partial charge on any atom is 0.305 e. The standard InChI is InChI=1S/C27H51N13O9.C15H27NO9.C4H10N4O.CH3F/c28-37-34-7-19-47-16-4-31-25(41)1-13-44-22-10-40(11-23-45-14-2-26(42)32-5-17-48-20-8-35-38-29)12-24-46-15-3-27(43)33-6-18-49-21-9-36-39-30;17-13(18)1-7-23-10-4-16(5-11-24-8-2-14(19)20)6-12-25-9-3-15(21)22;5-1-3-9-4-2-7-8-6;1-2/h1-24H2,(H,31,41)(H,32,42)(H,33,43);1-12H2,(H,17,18)(H,19,20)(H,21,22);1-5H2;1H3/i;;;1D. The van der Waals surface area contributed by atoms with E-state index in [4.69, 9.17) is 91.9 Å². The molecule has 0 rings (SSSR count). The van der Waals surface area contributed by atoms with Gasteiger partial charge in [-0.1, -0.05) is 20.5 Å². The summed E-state index contributed by atoms with van der Waals surface area (Å²) in [5.74, 6) is -3.26. The fourth-order valence-electron chi connectivity index (χ4n) is 5.56. The number of rotatable bonds is 59. The zero-order valence-corrected chi connectivity index (χ0v) is 48.6. The highest BCUT2D eigenvalue weighted by Crippen LogP contribution is 1.97.